The van der Waals surface area contributed by atoms with Crippen LogP contribution in [0.4, 0.5) is 5.69 Å². The van der Waals surface area contributed by atoms with Gasteiger partial charge in [-0.05, 0) is 41.8 Å². The topological polar surface area (TPSA) is 71.1 Å². The Morgan fingerprint density at radius 2 is 1.64 bits per heavy atom. The number of anilines is 1. The van der Waals surface area contributed by atoms with Gasteiger partial charge in [-0.15, -0.1) is 0 Å². The maximum atomic E-state index is 12.3. The van der Waals surface area contributed by atoms with Crippen LogP contribution in [0.3, 0.4) is 0 Å². The molecule has 0 saturated carbocycles. The first kappa shape index (κ1) is 19.6. The summed E-state index contributed by atoms with van der Waals surface area (Å²) in [7, 11) is 0. The van der Waals surface area contributed by atoms with Gasteiger partial charge in [0.1, 0.15) is 0 Å². The van der Waals surface area contributed by atoms with Crippen LogP contribution in [0.5, 0.6) is 0 Å². The van der Waals surface area contributed by atoms with Crippen molar-refractivity contribution >= 4 is 29.1 Å². The summed E-state index contributed by atoms with van der Waals surface area (Å²) in [5.41, 5.74) is 3.02. The zero-order valence-electron chi connectivity index (χ0n) is 15.2. The van der Waals surface area contributed by atoms with E-state index in [4.69, 9.17) is 11.6 Å². The van der Waals surface area contributed by atoms with Gasteiger partial charge in [0.05, 0.1) is 5.69 Å². The van der Waals surface area contributed by atoms with Gasteiger partial charge < -0.3 is 10.6 Å². The standard InChI is InChI=1S/C22H20ClN3O2/c23-21-19(7-4-14-24-21)26-22(28)18-11-8-17(9-12-18)15-25-20(27)13-10-16-5-2-1-3-6-16/h1-9,11-12,14H,10,13,15H2,(H,25,27)(H,26,28). The lowest BCUT2D eigenvalue weighted by Crippen LogP contribution is -2.23. The first-order valence-electron chi connectivity index (χ1n) is 8.93. The highest BCUT2D eigenvalue weighted by molar-refractivity contribution is 6.32. The van der Waals surface area contributed by atoms with E-state index in [0.29, 0.717) is 30.6 Å². The number of carbonyl (C=O) groups excluding carboxylic acids is 2. The molecule has 3 aromatic rings. The molecule has 0 unspecified atom stereocenters. The molecule has 142 valence electrons. The summed E-state index contributed by atoms with van der Waals surface area (Å²) < 4.78 is 0. The molecule has 1 heterocycles. The van der Waals surface area contributed by atoms with E-state index in [-0.39, 0.29) is 17.0 Å². The fourth-order valence-corrected chi connectivity index (χ4v) is 2.81. The molecule has 0 spiro atoms. The fraction of sp³-hybridized carbons (Fsp3) is 0.136. The Morgan fingerprint density at radius 3 is 2.36 bits per heavy atom. The van der Waals surface area contributed by atoms with E-state index in [9.17, 15) is 9.59 Å². The van der Waals surface area contributed by atoms with Crippen LogP contribution in [0.15, 0.2) is 72.9 Å². The molecule has 0 aliphatic rings. The van der Waals surface area contributed by atoms with Gasteiger partial charge in [0, 0.05) is 24.7 Å². The number of amides is 2. The van der Waals surface area contributed by atoms with Crippen LogP contribution in [0.1, 0.15) is 27.9 Å². The van der Waals surface area contributed by atoms with E-state index < -0.39 is 0 Å². The fourth-order valence-electron chi connectivity index (χ4n) is 2.64. The Kier molecular flexibility index (Phi) is 6.76. The van der Waals surface area contributed by atoms with Crippen molar-refractivity contribution in [2.75, 3.05) is 5.32 Å². The smallest absolute Gasteiger partial charge is 0.255 e. The van der Waals surface area contributed by atoms with Crippen molar-refractivity contribution in [1.82, 2.24) is 10.3 Å². The molecule has 0 aliphatic heterocycles. The van der Waals surface area contributed by atoms with Gasteiger partial charge in [0.15, 0.2) is 5.15 Å². The Balaban J connectivity index is 1.48. The first-order chi connectivity index (χ1) is 13.6. The second kappa shape index (κ2) is 9.67. The Bertz CT molecular complexity index is 944. The van der Waals surface area contributed by atoms with E-state index in [1.165, 1.54) is 0 Å². The Labute approximate surface area is 168 Å². The highest BCUT2D eigenvalue weighted by Gasteiger charge is 2.09. The summed E-state index contributed by atoms with van der Waals surface area (Å²) >= 11 is 5.95. The minimum absolute atomic E-state index is 0.00288. The summed E-state index contributed by atoms with van der Waals surface area (Å²) in [6, 6.07) is 20.4. The van der Waals surface area contributed by atoms with Crippen molar-refractivity contribution in [2.45, 2.75) is 19.4 Å². The molecule has 1 aromatic heterocycles. The number of halogens is 1. The average Bonchev–Trinajstić information content (AvgIpc) is 2.73. The molecule has 0 saturated heterocycles. The molecule has 5 nitrogen and oxygen atoms in total. The molecule has 0 fully saturated rings. The number of aromatic nitrogens is 1. The monoisotopic (exact) mass is 393 g/mol. The van der Waals surface area contributed by atoms with Crippen LogP contribution in [-0.4, -0.2) is 16.8 Å². The van der Waals surface area contributed by atoms with Crippen LogP contribution >= 0.6 is 11.6 Å². The summed E-state index contributed by atoms with van der Waals surface area (Å²) in [5.74, 6) is -0.273. The van der Waals surface area contributed by atoms with Crippen LogP contribution in [0.2, 0.25) is 5.15 Å². The molecule has 2 aromatic carbocycles. The molecule has 0 atom stereocenters. The molecule has 2 amide bonds. The summed E-state index contributed by atoms with van der Waals surface area (Å²) in [6.45, 7) is 0.421. The highest BCUT2D eigenvalue weighted by Crippen LogP contribution is 2.18. The molecule has 0 radical (unpaired) electrons. The lowest BCUT2D eigenvalue weighted by atomic mass is 10.1. The van der Waals surface area contributed by atoms with E-state index in [2.05, 4.69) is 15.6 Å². The quantitative estimate of drug-likeness (QED) is 0.590. The maximum Gasteiger partial charge on any atom is 0.255 e. The number of pyridine rings is 1. The predicted molar refractivity (Wildman–Crippen MR) is 110 cm³/mol. The van der Waals surface area contributed by atoms with Crippen LogP contribution in [0, 0.1) is 0 Å². The van der Waals surface area contributed by atoms with Crippen molar-refractivity contribution in [3.63, 3.8) is 0 Å². The molecular weight excluding hydrogens is 374 g/mol. The number of hydrogen-bond donors (Lipinski definition) is 2. The summed E-state index contributed by atoms with van der Waals surface area (Å²) in [4.78, 5) is 28.2. The van der Waals surface area contributed by atoms with Crippen LogP contribution < -0.4 is 10.6 Å². The third-order valence-corrected chi connectivity index (χ3v) is 4.50. The van der Waals surface area contributed by atoms with Gasteiger partial charge in [0.2, 0.25) is 5.91 Å². The maximum absolute atomic E-state index is 12.3. The third-order valence-electron chi connectivity index (χ3n) is 4.20. The van der Waals surface area contributed by atoms with Gasteiger partial charge in [-0.1, -0.05) is 54.1 Å². The van der Waals surface area contributed by atoms with Crippen molar-refractivity contribution < 1.29 is 9.59 Å². The molecule has 3 rings (SSSR count). The molecule has 6 heteroatoms. The summed E-state index contributed by atoms with van der Waals surface area (Å²) in [6.07, 6.45) is 2.71. The number of benzene rings is 2. The molecule has 0 aliphatic carbocycles. The third kappa shape index (κ3) is 5.66. The SMILES string of the molecule is O=C(CCc1ccccc1)NCc1ccc(C(=O)Nc2cccnc2Cl)cc1. The second-order valence-electron chi connectivity index (χ2n) is 6.26. The highest BCUT2D eigenvalue weighted by atomic mass is 35.5. The average molecular weight is 394 g/mol. The first-order valence-corrected chi connectivity index (χ1v) is 9.31. The molecular formula is C22H20ClN3O2. The van der Waals surface area contributed by atoms with E-state index >= 15 is 0 Å². The van der Waals surface area contributed by atoms with E-state index in [0.717, 1.165) is 11.1 Å². The van der Waals surface area contributed by atoms with E-state index in [1.807, 2.05) is 42.5 Å². The predicted octanol–water partition coefficient (Wildman–Crippen LogP) is 4.24. The number of nitrogens with one attached hydrogen (secondary N) is 2. The van der Waals surface area contributed by atoms with Crippen molar-refractivity contribution in [1.29, 1.82) is 0 Å². The molecule has 2 N–H and O–H groups in total. The number of aryl methyl sites for hydroxylation is 1. The number of rotatable bonds is 7. The Hall–Kier alpha value is -3.18. The lowest BCUT2D eigenvalue weighted by Gasteiger charge is -2.08. The molecule has 28 heavy (non-hydrogen) atoms. The van der Waals surface area contributed by atoms with E-state index in [1.54, 1.807) is 30.5 Å². The van der Waals surface area contributed by atoms with Crippen LogP contribution in [-0.2, 0) is 17.8 Å². The lowest BCUT2D eigenvalue weighted by molar-refractivity contribution is -0.121. The number of hydrogen-bond acceptors (Lipinski definition) is 3. The number of carbonyl (C=O) groups is 2. The minimum atomic E-state index is -0.270. The largest absolute Gasteiger partial charge is 0.352 e. The van der Waals surface area contributed by atoms with Crippen molar-refractivity contribution in [3.05, 3.63) is 94.8 Å². The molecule has 0 bridgehead atoms. The van der Waals surface area contributed by atoms with Gasteiger partial charge in [0.25, 0.3) is 5.91 Å². The van der Waals surface area contributed by atoms with Gasteiger partial charge >= 0.3 is 0 Å². The van der Waals surface area contributed by atoms with Crippen molar-refractivity contribution in [3.8, 4) is 0 Å². The Morgan fingerprint density at radius 1 is 0.893 bits per heavy atom. The normalized spacial score (nSPS) is 10.3. The van der Waals surface area contributed by atoms with Gasteiger partial charge in [-0.2, -0.15) is 0 Å². The van der Waals surface area contributed by atoms with Gasteiger partial charge in [-0.25, -0.2) is 4.98 Å². The van der Waals surface area contributed by atoms with Crippen LogP contribution in [0.25, 0.3) is 0 Å². The zero-order chi connectivity index (χ0) is 19.8. The zero-order valence-corrected chi connectivity index (χ0v) is 15.9. The minimum Gasteiger partial charge on any atom is -0.352 e. The summed E-state index contributed by atoms with van der Waals surface area (Å²) in [5, 5.41) is 5.87. The number of nitrogens with zero attached hydrogens (tertiary/aromatic N) is 1. The van der Waals surface area contributed by atoms with Gasteiger partial charge in [-0.3, -0.25) is 9.59 Å². The second-order valence-corrected chi connectivity index (χ2v) is 6.61. The van der Waals surface area contributed by atoms with Crippen molar-refractivity contribution in [2.24, 2.45) is 0 Å².